The molecule has 1 fully saturated rings. The molecule has 3 rings (SSSR count). The van der Waals surface area contributed by atoms with E-state index in [2.05, 4.69) is 0 Å². The first kappa shape index (κ1) is 23.1. The van der Waals surface area contributed by atoms with E-state index in [0.29, 0.717) is 38.8 Å². The van der Waals surface area contributed by atoms with Gasteiger partial charge in [0.15, 0.2) is 11.5 Å². The molecule has 0 unspecified atom stereocenters. The van der Waals surface area contributed by atoms with Gasteiger partial charge in [0.25, 0.3) is 5.91 Å². The molecule has 0 spiro atoms. The van der Waals surface area contributed by atoms with Crippen molar-refractivity contribution in [1.29, 1.82) is 0 Å². The third-order valence-corrected chi connectivity index (χ3v) is 6.07. The summed E-state index contributed by atoms with van der Waals surface area (Å²) in [5.74, 6) is 0.00402. The van der Waals surface area contributed by atoms with Crippen molar-refractivity contribution in [3.05, 3.63) is 63.5 Å². The Kier molecular flexibility index (Phi) is 7.95. The van der Waals surface area contributed by atoms with Gasteiger partial charge in [0, 0.05) is 18.0 Å². The minimum absolute atomic E-state index is 0.00914. The summed E-state index contributed by atoms with van der Waals surface area (Å²) < 4.78 is 11.7. The number of thiocarbonyl (C=S) groups is 1. The van der Waals surface area contributed by atoms with E-state index < -0.39 is 5.97 Å². The number of thioether (sulfide) groups is 1. The molecule has 2 aromatic carbocycles. The van der Waals surface area contributed by atoms with Gasteiger partial charge >= 0.3 is 5.97 Å². The largest absolute Gasteiger partial charge is 0.493 e. The molecule has 1 aliphatic heterocycles. The van der Waals surface area contributed by atoms with Crippen molar-refractivity contribution in [3.63, 3.8) is 0 Å². The number of halogens is 1. The maximum absolute atomic E-state index is 12.6. The maximum Gasteiger partial charge on any atom is 0.303 e. The van der Waals surface area contributed by atoms with Crippen LogP contribution < -0.4 is 9.47 Å². The maximum atomic E-state index is 12.6. The minimum Gasteiger partial charge on any atom is -0.493 e. The first-order valence-electron chi connectivity index (χ1n) is 9.40. The molecular formula is C22H20ClNO5S2. The molecular weight excluding hydrogens is 458 g/mol. The number of nitrogens with zero attached hydrogens (tertiary/aromatic N) is 1. The lowest BCUT2D eigenvalue weighted by atomic mass is 10.1. The number of hydrogen-bond donors (Lipinski definition) is 1. The van der Waals surface area contributed by atoms with Crippen LogP contribution in [0.2, 0.25) is 5.02 Å². The van der Waals surface area contributed by atoms with Crippen LogP contribution in [-0.4, -0.2) is 39.9 Å². The van der Waals surface area contributed by atoms with E-state index in [4.69, 9.17) is 38.4 Å². The van der Waals surface area contributed by atoms with Gasteiger partial charge < -0.3 is 14.6 Å². The second-order valence-corrected chi connectivity index (χ2v) is 8.77. The molecule has 9 heteroatoms. The van der Waals surface area contributed by atoms with Gasteiger partial charge in [-0.1, -0.05) is 53.8 Å². The fraction of sp³-hybridized carbons (Fsp3) is 0.227. The number of carbonyl (C=O) groups excluding carboxylic acids is 1. The molecule has 2 aromatic rings. The quantitative estimate of drug-likeness (QED) is 0.402. The van der Waals surface area contributed by atoms with Gasteiger partial charge in [-0.25, -0.2) is 0 Å². The van der Waals surface area contributed by atoms with E-state index in [1.165, 1.54) is 16.7 Å². The van der Waals surface area contributed by atoms with E-state index in [1.807, 2.05) is 18.2 Å². The average Bonchev–Trinajstić information content (AvgIpc) is 3.01. The first-order chi connectivity index (χ1) is 14.9. The average molecular weight is 478 g/mol. The zero-order valence-electron chi connectivity index (χ0n) is 16.7. The normalized spacial score (nSPS) is 14.9. The number of methoxy groups -OCH3 is 1. The molecule has 1 amide bonds. The van der Waals surface area contributed by atoms with Crippen molar-refractivity contribution >= 4 is 57.9 Å². The lowest BCUT2D eigenvalue weighted by Gasteiger charge is -2.13. The van der Waals surface area contributed by atoms with Crippen LogP contribution in [0.4, 0.5) is 0 Å². The van der Waals surface area contributed by atoms with Crippen LogP contribution in [0.3, 0.4) is 0 Å². The molecule has 1 N–H and O–H groups in total. The fourth-order valence-electron chi connectivity index (χ4n) is 2.87. The molecule has 0 aromatic heterocycles. The number of amides is 1. The SMILES string of the molecule is COc1cc(/C=C2\SC(=S)N(CCCC(=O)O)C2=O)ccc1OCc1ccc(Cl)cc1. The summed E-state index contributed by atoms with van der Waals surface area (Å²) in [6.45, 7) is 0.650. The number of hydrogen-bond acceptors (Lipinski definition) is 6. The van der Waals surface area contributed by atoms with Crippen LogP contribution >= 0.6 is 35.6 Å². The van der Waals surface area contributed by atoms with Gasteiger partial charge in [0.1, 0.15) is 10.9 Å². The van der Waals surface area contributed by atoms with Crippen LogP contribution in [0, 0.1) is 0 Å². The Labute approximate surface area is 194 Å². The van der Waals surface area contributed by atoms with Crippen molar-refractivity contribution in [2.45, 2.75) is 19.4 Å². The van der Waals surface area contributed by atoms with Crippen LogP contribution in [0.5, 0.6) is 11.5 Å². The molecule has 162 valence electrons. The molecule has 31 heavy (non-hydrogen) atoms. The highest BCUT2D eigenvalue weighted by Crippen LogP contribution is 2.35. The van der Waals surface area contributed by atoms with Gasteiger partial charge in [-0.15, -0.1) is 0 Å². The highest BCUT2D eigenvalue weighted by Gasteiger charge is 2.31. The van der Waals surface area contributed by atoms with Gasteiger partial charge in [-0.3, -0.25) is 14.5 Å². The van der Waals surface area contributed by atoms with Crippen molar-refractivity contribution < 1.29 is 24.2 Å². The van der Waals surface area contributed by atoms with E-state index in [-0.39, 0.29) is 18.9 Å². The molecule has 1 aliphatic rings. The number of rotatable bonds is 9. The van der Waals surface area contributed by atoms with Crippen molar-refractivity contribution in [2.24, 2.45) is 0 Å². The number of carboxylic acids is 1. The molecule has 1 saturated heterocycles. The Balaban J connectivity index is 1.69. The summed E-state index contributed by atoms with van der Waals surface area (Å²) >= 11 is 12.4. The third-order valence-electron chi connectivity index (χ3n) is 4.44. The molecule has 0 saturated carbocycles. The smallest absolute Gasteiger partial charge is 0.303 e. The van der Waals surface area contributed by atoms with Gasteiger partial charge in [0.2, 0.25) is 0 Å². The van der Waals surface area contributed by atoms with Crippen molar-refractivity contribution in [3.8, 4) is 11.5 Å². The Morgan fingerprint density at radius 2 is 1.97 bits per heavy atom. The van der Waals surface area contributed by atoms with Gasteiger partial charge in [-0.2, -0.15) is 0 Å². The number of carboxylic acid groups (broad SMARTS) is 1. The number of benzene rings is 2. The predicted molar refractivity (Wildman–Crippen MR) is 126 cm³/mol. The van der Waals surface area contributed by atoms with Gasteiger partial charge in [0.05, 0.1) is 12.0 Å². The predicted octanol–water partition coefficient (Wildman–Crippen LogP) is 4.99. The minimum atomic E-state index is -0.897. The monoisotopic (exact) mass is 477 g/mol. The summed E-state index contributed by atoms with van der Waals surface area (Å²) in [7, 11) is 1.55. The second kappa shape index (κ2) is 10.7. The second-order valence-electron chi connectivity index (χ2n) is 6.66. The number of aliphatic carboxylic acids is 1. The van der Waals surface area contributed by atoms with Crippen LogP contribution in [0.15, 0.2) is 47.4 Å². The summed E-state index contributed by atoms with van der Waals surface area (Å²) in [6, 6.07) is 12.8. The molecule has 0 radical (unpaired) electrons. The molecule has 0 atom stereocenters. The zero-order chi connectivity index (χ0) is 22.4. The van der Waals surface area contributed by atoms with Crippen LogP contribution in [-0.2, 0) is 16.2 Å². The lowest BCUT2D eigenvalue weighted by molar-refractivity contribution is -0.137. The topological polar surface area (TPSA) is 76.1 Å². The van der Waals surface area contributed by atoms with Crippen LogP contribution in [0.1, 0.15) is 24.0 Å². The van der Waals surface area contributed by atoms with Crippen LogP contribution in [0.25, 0.3) is 6.08 Å². The molecule has 0 aliphatic carbocycles. The fourth-order valence-corrected chi connectivity index (χ4v) is 4.30. The van der Waals surface area contributed by atoms with E-state index >= 15 is 0 Å². The Morgan fingerprint density at radius 1 is 1.23 bits per heavy atom. The molecule has 6 nitrogen and oxygen atoms in total. The third kappa shape index (κ3) is 6.22. The van der Waals surface area contributed by atoms with Gasteiger partial charge in [-0.05, 0) is 47.9 Å². The summed E-state index contributed by atoms with van der Waals surface area (Å²) in [4.78, 5) is 25.3. The summed E-state index contributed by atoms with van der Waals surface area (Å²) in [5, 5.41) is 9.44. The Bertz CT molecular complexity index is 1020. The summed E-state index contributed by atoms with van der Waals surface area (Å²) in [5.41, 5.74) is 1.74. The summed E-state index contributed by atoms with van der Waals surface area (Å²) in [6.07, 6.45) is 2.08. The lowest BCUT2D eigenvalue weighted by Crippen LogP contribution is -2.29. The standard InChI is InChI=1S/C22H20ClNO5S2/c1-28-18-11-15(6-9-17(18)29-13-14-4-7-16(23)8-5-14)12-19-21(27)24(22(30)31-19)10-2-3-20(25)26/h4-9,11-12H,2-3,10,13H2,1H3,(H,25,26)/b19-12-. The van der Waals surface area contributed by atoms with E-state index in [1.54, 1.807) is 37.5 Å². The number of ether oxygens (including phenoxy) is 2. The Morgan fingerprint density at radius 3 is 2.65 bits per heavy atom. The Hall–Kier alpha value is -2.55. The van der Waals surface area contributed by atoms with E-state index in [9.17, 15) is 9.59 Å². The number of carbonyl (C=O) groups is 2. The van der Waals surface area contributed by atoms with E-state index in [0.717, 1.165) is 11.1 Å². The first-order valence-corrected chi connectivity index (χ1v) is 11.0. The zero-order valence-corrected chi connectivity index (χ0v) is 19.1. The van der Waals surface area contributed by atoms with Crippen molar-refractivity contribution in [1.82, 2.24) is 4.90 Å². The highest BCUT2D eigenvalue weighted by atomic mass is 35.5. The molecule has 1 heterocycles. The van der Waals surface area contributed by atoms with Crippen molar-refractivity contribution in [2.75, 3.05) is 13.7 Å². The molecule has 0 bridgehead atoms. The highest BCUT2D eigenvalue weighted by molar-refractivity contribution is 8.26.